The van der Waals surface area contributed by atoms with Crippen LogP contribution < -0.4 is 0 Å². The summed E-state index contributed by atoms with van der Waals surface area (Å²) in [7, 11) is 0. The third-order valence-electron chi connectivity index (χ3n) is 2.17. The van der Waals surface area contributed by atoms with Crippen LogP contribution in [0.5, 0.6) is 0 Å². The van der Waals surface area contributed by atoms with E-state index < -0.39 is 0 Å². The summed E-state index contributed by atoms with van der Waals surface area (Å²) in [6.45, 7) is 6.09. The van der Waals surface area contributed by atoms with Crippen LogP contribution in [-0.2, 0) is 4.79 Å². The Bertz CT molecular complexity index is 99.2. The molecule has 0 amide bonds. The van der Waals surface area contributed by atoms with Crippen LogP contribution in [0.25, 0.3) is 0 Å². The van der Waals surface area contributed by atoms with E-state index in [-0.39, 0.29) is 0 Å². The summed E-state index contributed by atoms with van der Waals surface area (Å²) in [6, 6.07) is 0. The zero-order chi connectivity index (χ0) is 9.23. The van der Waals surface area contributed by atoms with Crippen molar-refractivity contribution in [1.29, 1.82) is 0 Å². The van der Waals surface area contributed by atoms with Crippen LogP contribution in [0.3, 0.4) is 0 Å². The minimum Gasteiger partial charge on any atom is -0.0625 e. The average Bonchev–Trinajstić information content (AvgIpc) is 2.09. The zero-order valence-corrected chi connectivity index (χ0v) is 8.14. The smallest absolute Gasteiger partial charge is 0.0625 e. The van der Waals surface area contributed by atoms with E-state index >= 15 is 0 Å². The summed E-state index contributed by atoms with van der Waals surface area (Å²) in [5.41, 5.74) is 0. The van der Waals surface area contributed by atoms with Gasteiger partial charge in [-0.1, -0.05) is 39.5 Å². The van der Waals surface area contributed by atoms with Crippen LogP contribution in [0, 0.1) is 12.8 Å². The van der Waals surface area contributed by atoms with Crippen molar-refractivity contribution >= 4 is 6.29 Å². The molecule has 1 heteroatoms. The molecule has 0 heterocycles. The predicted octanol–water partition coefficient (Wildman–Crippen LogP) is 3.30. The van der Waals surface area contributed by atoms with Gasteiger partial charge in [-0.15, -0.1) is 0 Å². The molecule has 1 nitrogen and oxygen atoms in total. The van der Waals surface area contributed by atoms with Crippen molar-refractivity contribution in [1.82, 2.24) is 0 Å². The largest absolute Gasteiger partial charge is 0.506 e. The Labute approximate surface area is 76.6 Å². The topological polar surface area (TPSA) is 17.1 Å². The highest BCUT2D eigenvalue weighted by Crippen LogP contribution is 2.15. The van der Waals surface area contributed by atoms with E-state index in [9.17, 15) is 4.79 Å². The molecule has 1 radical (unpaired) electrons. The monoisotopic (exact) mass is 168 g/mol. The molecule has 0 aliphatic heterocycles. The molecule has 1 unspecified atom stereocenters. The highest BCUT2D eigenvalue weighted by molar-refractivity contribution is 5.50. The van der Waals surface area contributed by atoms with Gasteiger partial charge in [0.1, 0.15) is 0 Å². The van der Waals surface area contributed by atoms with Crippen LogP contribution in [0.15, 0.2) is 0 Å². The first-order valence-electron chi connectivity index (χ1n) is 4.95. The van der Waals surface area contributed by atoms with E-state index in [1.165, 1.54) is 25.7 Å². The number of unbranched alkanes of at least 4 members (excludes halogenated alkanes) is 3. The number of carbonyl (C=O) groups excluding carboxylic acids is 1. The maximum atomic E-state index is 9.89. The van der Waals surface area contributed by atoms with Crippen LogP contribution in [0.2, 0.25) is 0 Å². The molecule has 0 aliphatic carbocycles. The fraction of sp³-hybridized carbons (Fsp3) is 0.818. The first-order chi connectivity index (χ1) is 5.81. The van der Waals surface area contributed by atoms with Gasteiger partial charge in [0, 0.05) is 11.2 Å². The Hall–Kier alpha value is -0.420. The van der Waals surface area contributed by atoms with Gasteiger partial charge in [0.15, 0.2) is 0 Å². The van der Waals surface area contributed by atoms with E-state index in [4.69, 9.17) is 0 Å². The quantitative estimate of drug-likeness (QED) is 0.401. The van der Waals surface area contributed by atoms with Crippen molar-refractivity contribution in [3.05, 3.63) is 6.92 Å². The van der Waals surface area contributed by atoms with Crippen molar-refractivity contribution in [2.24, 2.45) is 5.92 Å². The van der Waals surface area contributed by atoms with Crippen molar-refractivity contribution in [2.45, 2.75) is 51.9 Å². The second-order valence-corrected chi connectivity index (χ2v) is 3.49. The summed E-state index contributed by atoms with van der Waals surface area (Å²) in [4.78, 5) is 9.89. The van der Waals surface area contributed by atoms with Gasteiger partial charge in [0.25, 0.3) is 0 Å². The molecule has 12 heavy (non-hydrogen) atoms. The molecule has 0 saturated carbocycles. The Morgan fingerprint density at radius 2 is 1.92 bits per heavy atom. The van der Waals surface area contributed by atoms with Gasteiger partial charge in [-0.25, -0.2) is 0 Å². The third kappa shape index (κ3) is 7.68. The summed E-state index contributed by atoms with van der Waals surface area (Å²) in [5, 5.41) is 0. The van der Waals surface area contributed by atoms with E-state index in [1.807, 2.05) is 6.29 Å². The standard InChI is InChI=1S/C11H20O/c1-3-4-8-11(2)9-6-5-7-10-12/h11H,1,3-9H2,2H3/q+1. The Kier molecular flexibility index (Phi) is 8.37. The lowest BCUT2D eigenvalue weighted by molar-refractivity contribution is 0.453. The molecule has 0 rings (SSSR count). The van der Waals surface area contributed by atoms with E-state index in [0.29, 0.717) is 6.42 Å². The summed E-state index contributed by atoms with van der Waals surface area (Å²) in [5.74, 6) is 0.804. The lowest BCUT2D eigenvalue weighted by Crippen LogP contribution is -1.94. The third-order valence-corrected chi connectivity index (χ3v) is 2.17. The molecule has 0 aromatic heterocycles. The average molecular weight is 168 g/mol. The molecule has 0 saturated heterocycles. The molecular weight excluding hydrogens is 148 g/mol. The van der Waals surface area contributed by atoms with Gasteiger partial charge in [0.2, 0.25) is 6.42 Å². The lowest BCUT2D eigenvalue weighted by Gasteiger charge is -2.08. The molecular formula is C11H20O+. The number of rotatable bonds is 8. The fourth-order valence-corrected chi connectivity index (χ4v) is 1.33. The maximum absolute atomic E-state index is 9.89. The van der Waals surface area contributed by atoms with Crippen molar-refractivity contribution < 1.29 is 4.79 Å². The maximum Gasteiger partial charge on any atom is 0.506 e. The highest BCUT2D eigenvalue weighted by Gasteiger charge is 2.03. The summed E-state index contributed by atoms with van der Waals surface area (Å²) in [6.07, 6.45) is 9.55. The van der Waals surface area contributed by atoms with Crippen LogP contribution in [0.4, 0.5) is 0 Å². The molecule has 69 valence electrons. The van der Waals surface area contributed by atoms with Gasteiger partial charge in [-0.2, -0.15) is 0 Å². The normalized spacial score (nSPS) is 12.5. The number of hydrogen-bond donors (Lipinski definition) is 0. The molecule has 0 spiro atoms. The molecule has 0 N–H and O–H groups in total. The molecule has 0 aromatic rings. The van der Waals surface area contributed by atoms with Crippen LogP contribution in [-0.4, -0.2) is 6.29 Å². The SMILES string of the molecule is [CH2]CCCC(C)CCCC[C+]=O. The highest BCUT2D eigenvalue weighted by atomic mass is 16.1. The fourth-order valence-electron chi connectivity index (χ4n) is 1.33. The minimum atomic E-state index is 0.613. The molecule has 0 aliphatic rings. The van der Waals surface area contributed by atoms with Gasteiger partial charge in [0.05, 0.1) is 0 Å². The van der Waals surface area contributed by atoms with Crippen molar-refractivity contribution in [2.75, 3.05) is 0 Å². The molecule has 0 bridgehead atoms. The van der Waals surface area contributed by atoms with Gasteiger partial charge < -0.3 is 0 Å². The van der Waals surface area contributed by atoms with E-state index in [1.54, 1.807) is 0 Å². The van der Waals surface area contributed by atoms with Gasteiger partial charge >= 0.3 is 6.29 Å². The predicted molar refractivity (Wildman–Crippen MR) is 52.5 cm³/mol. The van der Waals surface area contributed by atoms with E-state index in [2.05, 4.69) is 13.8 Å². The van der Waals surface area contributed by atoms with Gasteiger partial charge in [-0.05, 0) is 12.3 Å². The first-order valence-corrected chi connectivity index (χ1v) is 4.95. The first kappa shape index (κ1) is 11.6. The lowest BCUT2D eigenvalue weighted by atomic mass is 9.98. The van der Waals surface area contributed by atoms with Crippen LogP contribution >= 0.6 is 0 Å². The van der Waals surface area contributed by atoms with Crippen molar-refractivity contribution in [3.63, 3.8) is 0 Å². The Balaban J connectivity index is 3.07. The molecule has 1 atom stereocenters. The van der Waals surface area contributed by atoms with E-state index in [0.717, 1.165) is 18.8 Å². The summed E-state index contributed by atoms with van der Waals surface area (Å²) < 4.78 is 0. The molecule has 0 fully saturated rings. The zero-order valence-electron chi connectivity index (χ0n) is 8.14. The van der Waals surface area contributed by atoms with Crippen molar-refractivity contribution in [3.8, 4) is 0 Å². The molecule has 0 aromatic carbocycles. The second kappa shape index (κ2) is 8.67. The summed E-state index contributed by atoms with van der Waals surface area (Å²) >= 11 is 0. The Morgan fingerprint density at radius 3 is 2.50 bits per heavy atom. The minimum absolute atomic E-state index is 0.613. The number of hydrogen-bond acceptors (Lipinski definition) is 1. The second-order valence-electron chi connectivity index (χ2n) is 3.49. The van der Waals surface area contributed by atoms with Gasteiger partial charge in [-0.3, -0.25) is 0 Å². The Morgan fingerprint density at radius 1 is 1.25 bits per heavy atom. The van der Waals surface area contributed by atoms with Crippen LogP contribution in [0.1, 0.15) is 51.9 Å².